The molecule has 1 rings (SSSR count). The van der Waals surface area contributed by atoms with E-state index in [1.54, 1.807) is 18.2 Å². The molecule has 1 unspecified atom stereocenters. The third-order valence-corrected chi connectivity index (χ3v) is 1.88. The second kappa shape index (κ2) is 4.44. The molecule has 5 heteroatoms. The summed E-state index contributed by atoms with van der Waals surface area (Å²) in [5.74, 6) is -1.92. The lowest BCUT2D eigenvalue weighted by molar-refractivity contribution is -0.173. The fourth-order valence-corrected chi connectivity index (χ4v) is 1.08. The van der Waals surface area contributed by atoms with Crippen molar-refractivity contribution in [1.29, 1.82) is 0 Å². The van der Waals surface area contributed by atoms with E-state index < -0.39 is 24.5 Å². The van der Waals surface area contributed by atoms with Crippen LogP contribution in [0.15, 0.2) is 30.3 Å². The average Bonchev–Trinajstić information content (AvgIpc) is 2.17. The first-order chi connectivity index (χ1) is 6.91. The average molecular weight is 218 g/mol. The van der Waals surface area contributed by atoms with E-state index in [1.807, 2.05) is 0 Å². The van der Waals surface area contributed by atoms with Crippen molar-refractivity contribution in [3.63, 3.8) is 0 Å². The number of benzene rings is 1. The van der Waals surface area contributed by atoms with Gasteiger partial charge in [0, 0.05) is 6.42 Å². The lowest BCUT2D eigenvalue weighted by atomic mass is 10.0. The fourth-order valence-electron chi connectivity index (χ4n) is 1.08. The van der Waals surface area contributed by atoms with Crippen LogP contribution in [0.5, 0.6) is 0 Å². The standard InChI is InChI=1S/C10H9F3O2/c11-10(12,13)9(15)6-8(14)7-4-2-1-3-5-7/h1-5,8,14H,6H2. The maximum absolute atomic E-state index is 11.9. The molecule has 0 aliphatic heterocycles. The number of rotatable bonds is 3. The molecule has 0 spiro atoms. The van der Waals surface area contributed by atoms with Crippen LogP contribution in [0.25, 0.3) is 0 Å². The quantitative estimate of drug-likeness (QED) is 0.844. The first-order valence-electron chi connectivity index (χ1n) is 4.24. The van der Waals surface area contributed by atoms with Crippen molar-refractivity contribution in [2.24, 2.45) is 0 Å². The molecule has 0 aliphatic carbocycles. The summed E-state index contributed by atoms with van der Waals surface area (Å²) in [6, 6.07) is 7.76. The summed E-state index contributed by atoms with van der Waals surface area (Å²) in [4.78, 5) is 10.6. The van der Waals surface area contributed by atoms with E-state index in [9.17, 15) is 23.1 Å². The van der Waals surface area contributed by atoms with Crippen molar-refractivity contribution < 1.29 is 23.1 Å². The van der Waals surface area contributed by atoms with Gasteiger partial charge in [-0.25, -0.2) is 0 Å². The van der Waals surface area contributed by atoms with E-state index >= 15 is 0 Å². The number of carbonyl (C=O) groups excluding carboxylic acids is 1. The van der Waals surface area contributed by atoms with Crippen LogP contribution >= 0.6 is 0 Å². The van der Waals surface area contributed by atoms with Crippen molar-refractivity contribution in [2.45, 2.75) is 18.7 Å². The minimum Gasteiger partial charge on any atom is -0.388 e. The summed E-state index contributed by atoms with van der Waals surface area (Å²) in [5.41, 5.74) is 0.301. The van der Waals surface area contributed by atoms with Gasteiger partial charge < -0.3 is 5.11 Å². The first-order valence-corrected chi connectivity index (χ1v) is 4.24. The molecule has 1 aromatic rings. The zero-order valence-electron chi connectivity index (χ0n) is 7.66. The Morgan fingerprint density at radius 3 is 2.27 bits per heavy atom. The van der Waals surface area contributed by atoms with Crippen LogP contribution in [0.2, 0.25) is 0 Å². The third-order valence-electron chi connectivity index (χ3n) is 1.88. The molecule has 0 amide bonds. The second-order valence-corrected chi connectivity index (χ2v) is 3.05. The molecule has 1 N–H and O–H groups in total. The zero-order valence-corrected chi connectivity index (χ0v) is 7.66. The smallest absolute Gasteiger partial charge is 0.388 e. The highest BCUT2D eigenvalue weighted by molar-refractivity contribution is 5.84. The van der Waals surface area contributed by atoms with Gasteiger partial charge in [-0.3, -0.25) is 4.79 Å². The Balaban J connectivity index is 2.65. The highest BCUT2D eigenvalue weighted by Crippen LogP contribution is 2.24. The predicted octanol–water partition coefficient (Wildman–Crippen LogP) is 2.24. The van der Waals surface area contributed by atoms with Gasteiger partial charge in [0.2, 0.25) is 5.78 Å². The zero-order chi connectivity index (χ0) is 11.5. The highest BCUT2D eigenvalue weighted by Gasteiger charge is 2.39. The number of ketones is 1. The maximum Gasteiger partial charge on any atom is 0.450 e. The molecule has 1 aromatic carbocycles. The lowest BCUT2D eigenvalue weighted by Gasteiger charge is -2.11. The molecule has 0 saturated heterocycles. The van der Waals surface area contributed by atoms with E-state index in [4.69, 9.17) is 0 Å². The minimum absolute atomic E-state index is 0.301. The van der Waals surface area contributed by atoms with Crippen molar-refractivity contribution in [1.82, 2.24) is 0 Å². The van der Waals surface area contributed by atoms with Gasteiger partial charge in [0.15, 0.2) is 0 Å². The molecular weight excluding hydrogens is 209 g/mol. The molecule has 0 radical (unpaired) electrons. The molecular formula is C10H9F3O2. The van der Waals surface area contributed by atoms with Gasteiger partial charge in [-0.1, -0.05) is 30.3 Å². The number of hydrogen-bond donors (Lipinski definition) is 1. The molecule has 15 heavy (non-hydrogen) atoms. The van der Waals surface area contributed by atoms with Gasteiger partial charge in [0.05, 0.1) is 6.10 Å². The number of halogens is 3. The second-order valence-electron chi connectivity index (χ2n) is 3.05. The Morgan fingerprint density at radius 2 is 1.80 bits per heavy atom. The molecule has 0 bridgehead atoms. The van der Waals surface area contributed by atoms with Crippen LogP contribution in [0.1, 0.15) is 18.1 Å². The minimum atomic E-state index is -4.88. The molecule has 0 heterocycles. The summed E-state index contributed by atoms with van der Waals surface area (Å²) in [5, 5.41) is 9.33. The molecule has 0 aliphatic rings. The highest BCUT2D eigenvalue weighted by atomic mass is 19.4. The Morgan fingerprint density at radius 1 is 1.27 bits per heavy atom. The Bertz CT molecular complexity index is 332. The van der Waals surface area contributed by atoms with E-state index in [0.29, 0.717) is 5.56 Å². The number of alkyl halides is 3. The molecule has 0 aromatic heterocycles. The van der Waals surface area contributed by atoms with Gasteiger partial charge in [-0.2, -0.15) is 13.2 Å². The van der Waals surface area contributed by atoms with Crippen LogP contribution < -0.4 is 0 Å². The summed E-state index contributed by atoms with van der Waals surface area (Å²) >= 11 is 0. The van der Waals surface area contributed by atoms with Gasteiger partial charge in [-0.15, -0.1) is 0 Å². The van der Waals surface area contributed by atoms with Crippen molar-refractivity contribution in [2.75, 3.05) is 0 Å². The maximum atomic E-state index is 11.9. The molecule has 1 atom stereocenters. The topological polar surface area (TPSA) is 37.3 Å². The number of aliphatic hydroxyl groups is 1. The molecule has 2 nitrogen and oxygen atoms in total. The monoisotopic (exact) mass is 218 g/mol. The number of Topliss-reactive ketones (excluding diaryl/α,β-unsaturated/α-hetero) is 1. The third kappa shape index (κ3) is 3.36. The predicted molar refractivity (Wildman–Crippen MR) is 47.1 cm³/mol. The normalized spacial score (nSPS) is 13.6. The largest absolute Gasteiger partial charge is 0.450 e. The Hall–Kier alpha value is -1.36. The van der Waals surface area contributed by atoms with Crippen molar-refractivity contribution in [3.05, 3.63) is 35.9 Å². The summed E-state index contributed by atoms with van der Waals surface area (Å²) in [6.45, 7) is 0. The van der Waals surface area contributed by atoms with Gasteiger partial charge >= 0.3 is 6.18 Å². The summed E-state index contributed by atoms with van der Waals surface area (Å²) < 4.78 is 35.6. The molecule has 0 fully saturated rings. The SMILES string of the molecule is O=C(CC(O)c1ccccc1)C(F)(F)F. The van der Waals surface area contributed by atoms with Gasteiger partial charge in [0.1, 0.15) is 0 Å². The first kappa shape index (κ1) is 11.7. The Kier molecular flexibility index (Phi) is 3.47. The van der Waals surface area contributed by atoms with E-state index in [0.717, 1.165) is 0 Å². The van der Waals surface area contributed by atoms with Crippen molar-refractivity contribution >= 4 is 5.78 Å². The van der Waals surface area contributed by atoms with Crippen LogP contribution in [0.3, 0.4) is 0 Å². The summed E-state index contributed by atoms with van der Waals surface area (Å²) in [6.07, 6.45) is -7.22. The van der Waals surface area contributed by atoms with E-state index in [2.05, 4.69) is 0 Å². The number of aliphatic hydroxyl groups excluding tert-OH is 1. The van der Waals surface area contributed by atoms with Crippen LogP contribution in [0, 0.1) is 0 Å². The summed E-state index contributed by atoms with van der Waals surface area (Å²) in [7, 11) is 0. The number of carbonyl (C=O) groups is 1. The van der Waals surface area contributed by atoms with Crippen LogP contribution in [-0.4, -0.2) is 17.1 Å². The molecule has 82 valence electrons. The fraction of sp³-hybridized carbons (Fsp3) is 0.300. The van der Waals surface area contributed by atoms with Crippen molar-refractivity contribution in [3.8, 4) is 0 Å². The van der Waals surface area contributed by atoms with E-state index in [1.165, 1.54) is 12.1 Å². The van der Waals surface area contributed by atoms with Crippen LogP contribution in [-0.2, 0) is 4.79 Å². The molecule has 0 saturated carbocycles. The number of hydrogen-bond acceptors (Lipinski definition) is 2. The lowest BCUT2D eigenvalue weighted by Crippen LogP contribution is -2.24. The van der Waals surface area contributed by atoms with Crippen LogP contribution in [0.4, 0.5) is 13.2 Å². The van der Waals surface area contributed by atoms with Gasteiger partial charge in [-0.05, 0) is 5.56 Å². The van der Waals surface area contributed by atoms with Gasteiger partial charge in [0.25, 0.3) is 0 Å². The Labute approximate surface area is 84.3 Å². The van der Waals surface area contributed by atoms with E-state index in [-0.39, 0.29) is 0 Å².